The monoisotopic (exact) mass is 767 g/mol. The quantitative estimate of drug-likeness (QED) is 0.0897. The van der Waals surface area contributed by atoms with Gasteiger partial charge in [0, 0.05) is 46.8 Å². The van der Waals surface area contributed by atoms with E-state index < -0.39 is 5.82 Å². The third-order valence-corrected chi connectivity index (χ3v) is 12.2. The van der Waals surface area contributed by atoms with E-state index in [4.69, 9.17) is 52.1 Å². The van der Waals surface area contributed by atoms with Crippen LogP contribution < -0.4 is 36.0 Å². The number of fused-ring (bicyclic) bond motifs is 7. The first kappa shape index (κ1) is 34.3. The average molecular weight is 768 g/mol. The number of carbonyl (C=O) groups is 1. The first-order valence-corrected chi connectivity index (χ1v) is 18.8. The third-order valence-electron chi connectivity index (χ3n) is 11.8. The Kier molecular flexibility index (Phi) is 8.06. The molecule has 284 valence electrons. The molecule has 6 heterocycles. The number of hydrazine groups is 1. The summed E-state index contributed by atoms with van der Waals surface area (Å²) in [6.07, 6.45) is 6.49. The largest absolute Gasteiger partial charge is 0.489 e. The first-order chi connectivity index (χ1) is 26.7. The number of piperazine rings is 1. The standard InChI is InChI=1S/C39H39ClFN9O5/c1-19-25(41)9-27-24(13-45-48-27)30(19)31-33(40)35-32-34(36(31)53-15-20-2-4-21(5-3-20)26(42)14-49(43)6-7-51)46-38(55-23-10-39(11-23)17-52-18-39)47-37(32)50-22-8-28(44-12-22)29(50)16-54-35/h2-5,7,9,13-14,22-23,28-29,44H,6,8,10-12,15-18,42-43H2,1H3,(H,45,48)/b26-14-. The number of aromatic nitrogens is 4. The summed E-state index contributed by atoms with van der Waals surface area (Å²) < 4.78 is 41.4. The number of nitrogens with two attached hydrogens (primary N) is 2. The second-order valence-electron chi connectivity index (χ2n) is 15.4. The number of aldehydes is 1. The molecule has 55 heavy (non-hydrogen) atoms. The highest BCUT2D eigenvalue weighted by Gasteiger charge is 2.52. The van der Waals surface area contributed by atoms with E-state index in [1.54, 1.807) is 13.1 Å². The van der Waals surface area contributed by atoms with Gasteiger partial charge in [-0.05, 0) is 48.9 Å². The van der Waals surface area contributed by atoms with Gasteiger partial charge in [0.15, 0.2) is 11.5 Å². The molecule has 5 aliphatic rings. The Bertz CT molecular complexity index is 2400. The number of ether oxygens (including phenoxy) is 4. The Balaban J connectivity index is 1.14. The summed E-state index contributed by atoms with van der Waals surface area (Å²) in [4.78, 5) is 23.4. The van der Waals surface area contributed by atoms with Crippen molar-refractivity contribution < 1.29 is 28.1 Å². The summed E-state index contributed by atoms with van der Waals surface area (Å²) in [6, 6.07) is 9.54. The van der Waals surface area contributed by atoms with Crippen molar-refractivity contribution in [2.24, 2.45) is 17.0 Å². The average Bonchev–Trinajstić information content (AvgIpc) is 3.86. The van der Waals surface area contributed by atoms with Crippen molar-refractivity contribution in [2.75, 3.05) is 37.8 Å². The lowest BCUT2D eigenvalue weighted by Crippen LogP contribution is -2.56. The zero-order valence-corrected chi connectivity index (χ0v) is 30.7. The molecule has 10 rings (SSSR count). The molecule has 3 saturated heterocycles. The number of anilines is 1. The van der Waals surface area contributed by atoms with Gasteiger partial charge in [-0.2, -0.15) is 15.1 Å². The van der Waals surface area contributed by atoms with Gasteiger partial charge in [-0.25, -0.2) is 10.2 Å². The number of rotatable bonds is 10. The van der Waals surface area contributed by atoms with E-state index in [9.17, 15) is 4.79 Å². The fourth-order valence-corrected chi connectivity index (χ4v) is 9.31. The fourth-order valence-electron chi connectivity index (χ4n) is 8.98. The Morgan fingerprint density at radius 1 is 1.22 bits per heavy atom. The van der Waals surface area contributed by atoms with Crippen molar-refractivity contribution in [3.05, 3.63) is 70.3 Å². The maximum absolute atomic E-state index is 15.8. The second-order valence-corrected chi connectivity index (χ2v) is 15.7. The second kappa shape index (κ2) is 12.9. The van der Waals surface area contributed by atoms with E-state index >= 15 is 4.39 Å². The van der Waals surface area contributed by atoms with E-state index in [0.29, 0.717) is 80.0 Å². The van der Waals surface area contributed by atoms with E-state index in [1.165, 1.54) is 17.3 Å². The van der Waals surface area contributed by atoms with Gasteiger partial charge in [0.1, 0.15) is 42.8 Å². The van der Waals surface area contributed by atoms with Gasteiger partial charge < -0.3 is 44.7 Å². The number of nitrogens with one attached hydrogen (secondary N) is 2. The molecule has 6 N–H and O–H groups in total. The minimum atomic E-state index is -0.430. The van der Waals surface area contributed by atoms with E-state index in [1.807, 2.05) is 24.3 Å². The lowest BCUT2D eigenvalue weighted by atomic mass is 9.65. The number of H-pyrrole nitrogens is 1. The Morgan fingerprint density at radius 3 is 2.80 bits per heavy atom. The number of halogens is 2. The van der Waals surface area contributed by atoms with Gasteiger partial charge in [-0.1, -0.05) is 35.9 Å². The van der Waals surface area contributed by atoms with Gasteiger partial charge in [0.25, 0.3) is 0 Å². The number of benzene rings is 3. The van der Waals surface area contributed by atoms with Crippen LogP contribution in [-0.4, -0.2) is 88.6 Å². The van der Waals surface area contributed by atoms with E-state index in [-0.39, 0.29) is 53.8 Å². The summed E-state index contributed by atoms with van der Waals surface area (Å²) in [5, 5.41) is 13.6. The lowest BCUT2D eigenvalue weighted by molar-refractivity contribution is -0.192. The van der Waals surface area contributed by atoms with Gasteiger partial charge in [0.2, 0.25) is 0 Å². The highest BCUT2D eigenvalue weighted by Crippen LogP contribution is 2.56. The highest BCUT2D eigenvalue weighted by molar-refractivity contribution is 6.38. The van der Waals surface area contributed by atoms with Crippen molar-refractivity contribution in [2.45, 2.75) is 57.0 Å². The molecule has 1 saturated carbocycles. The smallest absolute Gasteiger partial charge is 0.319 e. The number of hydrogen-bond acceptors (Lipinski definition) is 13. The van der Waals surface area contributed by atoms with Crippen LogP contribution in [0.3, 0.4) is 0 Å². The number of aromatic amines is 1. The molecule has 1 aliphatic carbocycles. The maximum atomic E-state index is 15.8. The van der Waals surface area contributed by atoms with Crippen LogP contribution in [0.4, 0.5) is 10.2 Å². The zero-order valence-electron chi connectivity index (χ0n) is 30.0. The van der Waals surface area contributed by atoms with Crippen molar-refractivity contribution in [3.63, 3.8) is 0 Å². The van der Waals surface area contributed by atoms with Crippen LogP contribution in [0.1, 0.15) is 36.0 Å². The molecule has 3 aromatic carbocycles. The SMILES string of the molecule is Cc1c(F)cc2[nH]ncc2c1-c1c(Cl)c2c3c(nc(OC4CC5(COC5)C4)nc3c1OCc1ccc(/C(N)=C/N(N)CC=O)cc1)N1C3CNC(C3)C1CO2. The molecule has 0 radical (unpaired) electrons. The highest BCUT2D eigenvalue weighted by atomic mass is 35.5. The van der Waals surface area contributed by atoms with Crippen molar-refractivity contribution in [1.82, 2.24) is 30.5 Å². The topological polar surface area (TPSA) is 179 Å². The molecule has 5 aromatic rings. The maximum Gasteiger partial charge on any atom is 0.319 e. The number of carbonyl (C=O) groups excluding carboxylic acids is 1. The van der Waals surface area contributed by atoms with Crippen molar-refractivity contribution in [3.8, 4) is 28.6 Å². The van der Waals surface area contributed by atoms with Crippen molar-refractivity contribution in [1.29, 1.82) is 0 Å². The predicted molar refractivity (Wildman–Crippen MR) is 203 cm³/mol. The first-order valence-electron chi connectivity index (χ1n) is 18.4. The summed E-state index contributed by atoms with van der Waals surface area (Å²) in [7, 11) is 0. The summed E-state index contributed by atoms with van der Waals surface area (Å²) in [5.41, 5.74) is 10.6. The van der Waals surface area contributed by atoms with Gasteiger partial charge in [0.05, 0.1) is 53.6 Å². The molecule has 3 unspecified atom stereocenters. The zero-order chi connectivity index (χ0) is 37.6. The van der Waals surface area contributed by atoms with E-state index in [0.717, 1.165) is 44.6 Å². The molecule has 16 heteroatoms. The van der Waals surface area contributed by atoms with Gasteiger partial charge >= 0.3 is 6.01 Å². The number of nitrogens with zero attached hydrogens (tertiary/aromatic N) is 5. The minimum Gasteiger partial charge on any atom is -0.489 e. The molecule has 4 fully saturated rings. The Morgan fingerprint density at radius 2 is 2.04 bits per heavy atom. The molecular formula is C39H39ClFN9O5. The Labute approximate surface area is 319 Å². The molecule has 14 nitrogen and oxygen atoms in total. The normalized spacial score (nSPS) is 22.3. The van der Waals surface area contributed by atoms with Gasteiger partial charge in [-0.15, -0.1) is 0 Å². The molecule has 1 spiro atoms. The molecule has 3 atom stereocenters. The predicted octanol–water partition coefficient (Wildman–Crippen LogP) is 4.35. The van der Waals surface area contributed by atoms with Crippen LogP contribution in [0.5, 0.6) is 17.5 Å². The Hall–Kier alpha value is -5.22. The third kappa shape index (κ3) is 5.54. The van der Waals surface area contributed by atoms with Crippen LogP contribution in [-0.2, 0) is 16.1 Å². The molecule has 0 amide bonds. The molecular weight excluding hydrogens is 729 g/mol. The lowest BCUT2D eigenvalue weighted by Gasteiger charge is -2.52. The van der Waals surface area contributed by atoms with Gasteiger partial charge in [-0.3, -0.25) is 5.10 Å². The van der Waals surface area contributed by atoms with Crippen LogP contribution in [0, 0.1) is 18.2 Å². The van der Waals surface area contributed by atoms with E-state index in [2.05, 4.69) is 20.4 Å². The molecule has 2 aromatic heterocycles. The summed E-state index contributed by atoms with van der Waals surface area (Å²) in [6.45, 7) is 4.49. The number of hydrogen-bond donors (Lipinski definition) is 4. The van der Waals surface area contributed by atoms with Crippen LogP contribution in [0.15, 0.2) is 42.7 Å². The summed E-state index contributed by atoms with van der Waals surface area (Å²) in [5.74, 6) is 6.85. The van der Waals surface area contributed by atoms with Crippen LogP contribution in [0.2, 0.25) is 5.02 Å². The van der Waals surface area contributed by atoms with Crippen molar-refractivity contribution >= 4 is 51.2 Å². The molecule has 4 aliphatic heterocycles. The summed E-state index contributed by atoms with van der Waals surface area (Å²) >= 11 is 7.51. The fraction of sp³-hybridized carbons (Fsp3) is 0.385. The minimum absolute atomic E-state index is 0.00126. The van der Waals surface area contributed by atoms with Crippen LogP contribution >= 0.6 is 11.6 Å². The van der Waals surface area contributed by atoms with Crippen LogP contribution in [0.25, 0.3) is 38.6 Å². The molecule has 2 bridgehead atoms.